The first-order chi connectivity index (χ1) is 16.2. The van der Waals surface area contributed by atoms with Crippen molar-refractivity contribution in [1.29, 1.82) is 5.26 Å². The summed E-state index contributed by atoms with van der Waals surface area (Å²) >= 11 is 1.55. The zero-order valence-electron chi connectivity index (χ0n) is 19.1. The van der Waals surface area contributed by atoms with Gasteiger partial charge in [-0.1, -0.05) is 42.6 Å². The Morgan fingerprint density at radius 3 is 2.82 bits per heavy atom. The van der Waals surface area contributed by atoms with Gasteiger partial charge < -0.3 is 10.2 Å². The van der Waals surface area contributed by atoms with E-state index in [9.17, 15) is 4.79 Å². The Morgan fingerprint density at radius 2 is 2.03 bits per heavy atom. The van der Waals surface area contributed by atoms with Gasteiger partial charge in [-0.2, -0.15) is 5.26 Å². The summed E-state index contributed by atoms with van der Waals surface area (Å²) in [5.74, 6) is 2.54. The molecule has 0 radical (unpaired) electrons. The van der Waals surface area contributed by atoms with E-state index in [0.717, 1.165) is 78.8 Å². The third-order valence-corrected chi connectivity index (χ3v) is 8.30. The van der Waals surface area contributed by atoms with Crippen LogP contribution in [0.3, 0.4) is 0 Å². The van der Waals surface area contributed by atoms with Crippen LogP contribution in [0.15, 0.2) is 34.8 Å². The van der Waals surface area contributed by atoms with E-state index in [-0.39, 0.29) is 0 Å². The Bertz CT molecular complexity index is 1110. The van der Waals surface area contributed by atoms with Crippen LogP contribution in [-0.4, -0.2) is 41.3 Å². The molecule has 0 atom stereocenters. The number of nitrogens with zero attached hydrogens (tertiary/aromatic N) is 4. The first kappa shape index (κ1) is 22.1. The minimum Gasteiger partial charge on any atom is -0.343 e. The number of amides is 1. The number of anilines is 1. The largest absolute Gasteiger partial charge is 0.343 e. The van der Waals surface area contributed by atoms with Crippen LogP contribution in [0.1, 0.15) is 63.4 Å². The molecule has 5 rings (SSSR count). The molecule has 0 spiro atoms. The van der Waals surface area contributed by atoms with E-state index in [4.69, 9.17) is 5.26 Å². The molecule has 1 N–H and O–H groups in total. The van der Waals surface area contributed by atoms with Crippen LogP contribution < -0.4 is 5.32 Å². The molecule has 1 aromatic carbocycles. The lowest BCUT2D eigenvalue weighted by atomic mass is 9.86. The Labute approximate surface area is 199 Å². The van der Waals surface area contributed by atoms with E-state index >= 15 is 0 Å². The molecule has 1 aliphatic carbocycles. The number of hydrogen-bond acceptors (Lipinski definition) is 6. The fraction of sp³-hybridized carbons (Fsp3) is 0.538. The SMILES string of the molecule is N#Cc1ccc2nc(NC3=NCCC(C4CCN(C(=O)CCC5CCCC5)CC4)=C3)sc2c1. The van der Waals surface area contributed by atoms with E-state index in [2.05, 4.69) is 32.3 Å². The number of dihydropyridines is 1. The smallest absolute Gasteiger partial charge is 0.222 e. The maximum atomic E-state index is 12.7. The lowest BCUT2D eigenvalue weighted by molar-refractivity contribution is -0.132. The highest BCUT2D eigenvalue weighted by Crippen LogP contribution is 2.32. The maximum absolute atomic E-state index is 12.7. The number of thiazole rings is 1. The second-order valence-electron chi connectivity index (χ2n) is 9.52. The predicted octanol–water partition coefficient (Wildman–Crippen LogP) is 5.52. The van der Waals surface area contributed by atoms with Gasteiger partial charge in [0.05, 0.1) is 21.8 Å². The number of carbonyl (C=O) groups is 1. The van der Waals surface area contributed by atoms with Gasteiger partial charge in [-0.15, -0.1) is 0 Å². The number of rotatable bonds is 5. The number of fused-ring (bicyclic) bond motifs is 1. The number of likely N-dealkylation sites (tertiary alicyclic amines) is 1. The van der Waals surface area contributed by atoms with Gasteiger partial charge >= 0.3 is 0 Å². The Hall–Kier alpha value is -2.72. The summed E-state index contributed by atoms with van der Waals surface area (Å²) in [7, 11) is 0. The maximum Gasteiger partial charge on any atom is 0.222 e. The number of carbonyl (C=O) groups excluding carboxylic acids is 1. The molecule has 3 heterocycles. The number of benzene rings is 1. The normalized spacial score (nSPS) is 19.9. The van der Waals surface area contributed by atoms with Gasteiger partial charge in [-0.05, 0) is 61.8 Å². The average Bonchev–Trinajstić information content (AvgIpc) is 3.51. The van der Waals surface area contributed by atoms with E-state index in [1.807, 2.05) is 12.1 Å². The van der Waals surface area contributed by atoms with Crippen molar-refractivity contribution in [2.45, 2.75) is 57.8 Å². The molecular formula is C26H31N5OS. The van der Waals surface area contributed by atoms with Crippen LogP contribution in [0.4, 0.5) is 5.13 Å². The van der Waals surface area contributed by atoms with E-state index < -0.39 is 0 Å². The number of aliphatic imine (C=N–C) groups is 1. The third kappa shape index (κ3) is 5.27. The quantitative estimate of drug-likeness (QED) is 0.636. The van der Waals surface area contributed by atoms with E-state index in [1.54, 1.807) is 17.4 Å². The molecule has 1 saturated heterocycles. The summed E-state index contributed by atoms with van der Waals surface area (Å²) in [6.07, 6.45) is 12.4. The second kappa shape index (κ2) is 10.0. The second-order valence-corrected chi connectivity index (χ2v) is 10.5. The Morgan fingerprint density at radius 1 is 1.21 bits per heavy atom. The summed E-state index contributed by atoms with van der Waals surface area (Å²) in [5.41, 5.74) is 2.99. The minimum absolute atomic E-state index is 0.359. The molecule has 1 saturated carbocycles. The highest BCUT2D eigenvalue weighted by Gasteiger charge is 2.27. The van der Waals surface area contributed by atoms with Crippen LogP contribution in [0.25, 0.3) is 10.2 Å². The Kier molecular flexibility index (Phi) is 6.73. The number of nitriles is 1. The molecule has 33 heavy (non-hydrogen) atoms. The topological polar surface area (TPSA) is 81.4 Å². The molecule has 3 aliphatic rings. The molecule has 2 aliphatic heterocycles. The van der Waals surface area contributed by atoms with Crippen molar-refractivity contribution in [1.82, 2.24) is 9.88 Å². The molecule has 0 bridgehead atoms. The van der Waals surface area contributed by atoms with Crippen LogP contribution >= 0.6 is 11.3 Å². The van der Waals surface area contributed by atoms with Gasteiger partial charge in [-0.3, -0.25) is 9.79 Å². The van der Waals surface area contributed by atoms with Gasteiger partial charge in [-0.25, -0.2) is 4.98 Å². The van der Waals surface area contributed by atoms with Crippen LogP contribution in [0.2, 0.25) is 0 Å². The highest BCUT2D eigenvalue weighted by atomic mass is 32.1. The number of hydrogen-bond donors (Lipinski definition) is 1. The molecule has 7 heteroatoms. The zero-order valence-corrected chi connectivity index (χ0v) is 19.9. The number of piperidine rings is 1. The van der Waals surface area contributed by atoms with Crippen LogP contribution in [-0.2, 0) is 4.79 Å². The van der Waals surface area contributed by atoms with Gasteiger partial charge in [0.2, 0.25) is 5.91 Å². The van der Waals surface area contributed by atoms with E-state index in [0.29, 0.717) is 17.4 Å². The number of nitrogens with one attached hydrogen (secondary N) is 1. The molecule has 6 nitrogen and oxygen atoms in total. The monoisotopic (exact) mass is 461 g/mol. The summed E-state index contributed by atoms with van der Waals surface area (Å²) < 4.78 is 1.00. The van der Waals surface area contributed by atoms with Gasteiger partial charge in [0.15, 0.2) is 5.13 Å². The first-order valence-electron chi connectivity index (χ1n) is 12.3. The molecule has 2 fully saturated rings. The summed E-state index contributed by atoms with van der Waals surface area (Å²) in [6.45, 7) is 2.55. The molecule has 172 valence electrons. The Balaban J connectivity index is 1.15. The highest BCUT2D eigenvalue weighted by molar-refractivity contribution is 7.22. The summed E-state index contributed by atoms with van der Waals surface area (Å²) in [6, 6.07) is 7.75. The molecule has 1 amide bonds. The average molecular weight is 462 g/mol. The number of aromatic nitrogens is 1. The zero-order chi connectivity index (χ0) is 22.6. The van der Waals surface area contributed by atoms with Gasteiger partial charge in [0.1, 0.15) is 5.84 Å². The third-order valence-electron chi connectivity index (χ3n) is 7.37. The summed E-state index contributed by atoms with van der Waals surface area (Å²) in [5, 5.41) is 13.3. The predicted molar refractivity (Wildman–Crippen MR) is 133 cm³/mol. The van der Waals surface area contributed by atoms with Crippen molar-refractivity contribution >= 4 is 38.4 Å². The molecule has 2 aromatic rings. The lowest BCUT2D eigenvalue weighted by Gasteiger charge is -2.34. The summed E-state index contributed by atoms with van der Waals surface area (Å²) in [4.78, 5) is 24.1. The van der Waals surface area contributed by atoms with Crippen LogP contribution in [0.5, 0.6) is 0 Å². The van der Waals surface area contributed by atoms with Crippen molar-refractivity contribution in [3.8, 4) is 6.07 Å². The molecular weight excluding hydrogens is 430 g/mol. The standard InChI is InChI=1S/C26H31N5OS/c27-17-19-5-7-22-23(15-19)33-26(29-22)30-24-16-21(9-12-28-24)20-10-13-31(14-11-20)25(32)8-6-18-3-1-2-4-18/h5,7,15-16,18,20H,1-4,6,8-14H2,(H,28,29,30). The minimum atomic E-state index is 0.359. The van der Waals surface area contributed by atoms with Crippen molar-refractivity contribution in [2.24, 2.45) is 16.8 Å². The fourth-order valence-electron chi connectivity index (χ4n) is 5.44. The van der Waals surface area contributed by atoms with Crippen molar-refractivity contribution in [3.63, 3.8) is 0 Å². The molecule has 1 aromatic heterocycles. The van der Waals surface area contributed by atoms with Crippen molar-refractivity contribution in [2.75, 3.05) is 25.0 Å². The van der Waals surface area contributed by atoms with Crippen molar-refractivity contribution in [3.05, 3.63) is 35.4 Å². The molecule has 0 unspecified atom stereocenters. The van der Waals surface area contributed by atoms with Crippen molar-refractivity contribution < 1.29 is 4.79 Å². The first-order valence-corrected chi connectivity index (χ1v) is 13.1. The lowest BCUT2D eigenvalue weighted by Crippen LogP contribution is -2.39. The van der Waals surface area contributed by atoms with Gasteiger partial charge in [0.25, 0.3) is 0 Å². The number of amidine groups is 1. The van der Waals surface area contributed by atoms with Gasteiger partial charge in [0, 0.05) is 26.1 Å². The fourth-order valence-corrected chi connectivity index (χ4v) is 6.35. The van der Waals surface area contributed by atoms with Crippen LogP contribution in [0, 0.1) is 23.2 Å². The van der Waals surface area contributed by atoms with E-state index in [1.165, 1.54) is 31.3 Å².